The maximum Gasteiger partial charge on any atom is 0.657 e. The fraction of sp³-hybridized carbons (Fsp3) is 0.700. The molecule has 0 N–H and O–H groups in total. The van der Waals surface area contributed by atoms with Crippen LogP contribution < -0.4 is 0 Å². The topological polar surface area (TPSA) is 77.5 Å². The lowest BCUT2D eigenvalue weighted by Gasteiger charge is -2.30. The standard InChI is InChI=1S/C20H32BN2O6/c1-19(2,3)26-17(24)22-11-7-15(8-12-22)28-21-29-16-9-13-23(14-10-16)18(25)27-20(4,5)6/h7,9H,8,10-14H2,1-6H3. The molecule has 0 saturated heterocycles. The molecule has 0 aliphatic carbocycles. The third kappa shape index (κ3) is 8.29. The van der Waals surface area contributed by atoms with Crippen molar-refractivity contribution in [3.63, 3.8) is 0 Å². The predicted octanol–water partition coefficient (Wildman–Crippen LogP) is 3.60. The molecule has 0 bridgehead atoms. The van der Waals surface area contributed by atoms with Gasteiger partial charge in [0.25, 0.3) is 0 Å². The van der Waals surface area contributed by atoms with Gasteiger partial charge < -0.3 is 28.6 Å². The molecular formula is C20H32BN2O6. The second-order valence-corrected chi connectivity index (χ2v) is 9.03. The van der Waals surface area contributed by atoms with Crippen LogP contribution in [0, 0.1) is 0 Å². The monoisotopic (exact) mass is 407 g/mol. The Bertz CT molecular complexity index is 607. The van der Waals surface area contributed by atoms with Crippen LogP contribution in [0.25, 0.3) is 0 Å². The Morgan fingerprint density at radius 2 is 1.17 bits per heavy atom. The molecule has 2 rings (SSSR count). The number of nitrogens with zero attached hydrogens (tertiary/aromatic N) is 2. The van der Waals surface area contributed by atoms with Crippen molar-refractivity contribution >= 4 is 19.9 Å². The Morgan fingerprint density at radius 1 is 0.793 bits per heavy atom. The molecular weight excluding hydrogens is 375 g/mol. The fourth-order valence-electron chi connectivity index (χ4n) is 2.65. The summed E-state index contributed by atoms with van der Waals surface area (Å²) in [5.74, 6) is 1.49. The van der Waals surface area contributed by atoms with Gasteiger partial charge in [0.15, 0.2) is 0 Å². The van der Waals surface area contributed by atoms with E-state index >= 15 is 0 Å². The predicted molar refractivity (Wildman–Crippen MR) is 109 cm³/mol. The molecule has 2 amide bonds. The molecule has 0 spiro atoms. The van der Waals surface area contributed by atoms with E-state index in [0.29, 0.717) is 39.0 Å². The van der Waals surface area contributed by atoms with E-state index in [4.69, 9.17) is 18.8 Å². The zero-order chi connectivity index (χ0) is 21.7. The summed E-state index contributed by atoms with van der Waals surface area (Å²) < 4.78 is 21.8. The fourth-order valence-corrected chi connectivity index (χ4v) is 2.65. The summed E-state index contributed by atoms with van der Waals surface area (Å²) in [5.41, 5.74) is -1.02. The lowest BCUT2D eigenvalue weighted by molar-refractivity contribution is 0.0250. The first-order valence-electron chi connectivity index (χ1n) is 9.92. The minimum atomic E-state index is -0.508. The first-order valence-corrected chi connectivity index (χ1v) is 9.92. The quantitative estimate of drug-likeness (QED) is 0.663. The molecule has 0 atom stereocenters. The van der Waals surface area contributed by atoms with Gasteiger partial charge in [-0.05, 0) is 53.7 Å². The molecule has 0 unspecified atom stereocenters. The largest absolute Gasteiger partial charge is 0.657 e. The van der Waals surface area contributed by atoms with Crippen molar-refractivity contribution in [1.82, 2.24) is 9.80 Å². The van der Waals surface area contributed by atoms with Crippen molar-refractivity contribution in [1.29, 1.82) is 0 Å². The summed E-state index contributed by atoms with van der Waals surface area (Å²) in [4.78, 5) is 27.4. The van der Waals surface area contributed by atoms with Crippen LogP contribution in [0.15, 0.2) is 23.7 Å². The first kappa shape index (κ1) is 23.0. The smallest absolute Gasteiger partial charge is 0.530 e. The molecule has 2 heterocycles. The summed E-state index contributed by atoms with van der Waals surface area (Å²) in [6.45, 7) is 13.0. The van der Waals surface area contributed by atoms with Gasteiger partial charge in [0, 0.05) is 39.0 Å². The zero-order valence-corrected chi connectivity index (χ0v) is 18.3. The minimum Gasteiger partial charge on any atom is -0.530 e. The molecule has 161 valence electrons. The van der Waals surface area contributed by atoms with Crippen molar-refractivity contribution in [2.24, 2.45) is 0 Å². The second kappa shape index (κ2) is 9.46. The van der Waals surface area contributed by atoms with Gasteiger partial charge in [-0.2, -0.15) is 0 Å². The van der Waals surface area contributed by atoms with Crippen LogP contribution in [-0.2, 0) is 18.8 Å². The zero-order valence-electron chi connectivity index (χ0n) is 18.3. The van der Waals surface area contributed by atoms with Crippen molar-refractivity contribution in [3.05, 3.63) is 23.7 Å². The van der Waals surface area contributed by atoms with Crippen LogP contribution in [0.3, 0.4) is 0 Å². The number of ether oxygens (including phenoxy) is 2. The van der Waals surface area contributed by atoms with Gasteiger partial charge in [0.05, 0.1) is 11.5 Å². The van der Waals surface area contributed by atoms with E-state index in [1.165, 1.54) is 7.69 Å². The molecule has 9 heteroatoms. The van der Waals surface area contributed by atoms with Crippen molar-refractivity contribution in [2.75, 3.05) is 26.2 Å². The van der Waals surface area contributed by atoms with E-state index in [2.05, 4.69) is 0 Å². The second-order valence-electron chi connectivity index (χ2n) is 9.03. The van der Waals surface area contributed by atoms with Gasteiger partial charge in [-0.25, -0.2) is 9.59 Å². The van der Waals surface area contributed by atoms with E-state index < -0.39 is 11.2 Å². The molecule has 1 radical (unpaired) electrons. The molecule has 0 aromatic heterocycles. The van der Waals surface area contributed by atoms with Gasteiger partial charge in [-0.3, -0.25) is 0 Å². The maximum atomic E-state index is 12.0. The first-order chi connectivity index (χ1) is 13.4. The molecule has 2 aliphatic heterocycles. The van der Waals surface area contributed by atoms with Crippen molar-refractivity contribution < 1.29 is 28.4 Å². The Labute approximate surface area is 174 Å². The summed E-state index contributed by atoms with van der Waals surface area (Å²) in [6.07, 6.45) is 4.21. The number of amides is 2. The van der Waals surface area contributed by atoms with Gasteiger partial charge in [0.1, 0.15) is 11.2 Å². The van der Waals surface area contributed by atoms with Crippen LogP contribution in [0.2, 0.25) is 0 Å². The van der Waals surface area contributed by atoms with Crippen molar-refractivity contribution in [3.8, 4) is 0 Å². The van der Waals surface area contributed by atoms with Gasteiger partial charge in [-0.1, -0.05) is 0 Å². The Balaban J connectivity index is 1.69. The number of rotatable bonds is 4. The Hall–Kier alpha value is -2.32. The number of carbonyl (C=O) groups is 2. The molecule has 0 fully saturated rings. The van der Waals surface area contributed by atoms with Gasteiger partial charge in [-0.15, -0.1) is 0 Å². The van der Waals surface area contributed by atoms with Gasteiger partial charge >= 0.3 is 19.9 Å². The molecule has 0 aromatic rings. The summed E-state index contributed by atoms with van der Waals surface area (Å²) in [7, 11) is 1.30. The molecule has 29 heavy (non-hydrogen) atoms. The van der Waals surface area contributed by atoms with E-state index in [1.54, 1.807) is 9.80 Å². The van der Waals surface area contributed by atoms with Crippen LogP contribution in [0.5, 0.6) is 0 Å². The minimum absolute atomic E-state index is 0.324. The third-order valence-corrected chi connectivity index (χ3v) is 4.04. The number of carbonyl (C=O) groups excluding carboxylic acids is 2. The van der Waals surface area contributed by atoms with Crippen molar-refractivity contribution in [2.45, 2.75) is 65.6 Å². The lowest BCUT2D eigenvalue weighted by atomic mass is 10.2. The molecule has 8 nitrogen and oxygen atoms in total. The lowest BCUT2D eigenvalue weighted by Crippen LogP contribution is -2.39. The summed E-state index contributed by atoms with van der Waals surface area (Å²) >= 11 is 0. The molecule has 2 aliphatic rings. The highest BCUT2D eigenvalue weighted by atomic mass is 16.6. The average molecular weight is 407 g/mol. The summed E-state index contributed by atoms with van der Waals surface area (Å²) in [5, 5.41) is 0. The summed E-state index contributed by atoms with van der Waals surface area (Å²) in [6, 6.07) is 0. The van der Waals surface area contributed by atoms with Gasteiger partial charge in [0.2, 0.25) is 0 Å². The highest BCUT2D eigenvalue weighted by molar-refractivity contribution is 6.19. The Kier molecular flexibility index (Phi) is 7.49. The number of hydrogen-bond acceptors (Lipinski definition) is 6. The molecule has 0 aromatic carbocycles. The average Bonchev–Trinajstić information content (AvgIpc) is 2.60. The highest BCUT2D eigenvalue weighted by Crippen LogP contribution is 2.18. The van der Waals surface area contributed by atoms with Crippen LogP contribution in [0.4, 0.5) is 9.59 Å². The molecule has 0 saturated carbocycles. The van der Waals surface area contributed by atoms with E-state index in [-0.39, 0.29) is 12.2 Å². The normalized spacial score (nSPS) is 17.7. The third-order valence-electron chi connectivity index (χ3n) is 4.04. The van der Waals surface area contributed by atoms with Crippen LogP contribution in [0.1, 0.15) is 54.4 Å². The number of hydrogen-bond donors (Lipinski definition) is 0. The van der Waals surface area contributed by atoms with Crippen LogP contribution in [-0.4, -0.2) is 67.1 Å². The maximum absolute atomic E-state index is 12.0. The van der Waals surface area contributed by atoms with E-state index in [1.807, 2.05) is 53.7 Å². The van der Waals surface area contributed by atoms with Crippen LogP contribution >= 0.6 is 0 Å². The highest BCUT2D eigenvalue weighted by Gasteiger charge is 2.25. The SMILES string of the molecule is CC(C)(C)OC(=O)N1CC=C(O[B]OC2=CCN(C(=O)OC(C)(C)C)CC2)CC1. The Morgan fingerprint density at radius 3 is 1.45 bits per heavy atom. The van der Waals surface area contributed by atoms with E-state index in [9.17, 15) is 9.59 Å². The van der Waals surface area contributed by atoms with E-state index in [0.717, 1.165) is 11.5 Å².